The molecule has 0 spiro atoms. The Balaban J connectivity index is 2.03. The first kappa shape index (κ1) is 11.9. The van der Waals surface area contributed by atoms with E-state index >= 15 is 0 Å². The Morgan fingerprint density at radius 1 is 1.17 bits per heavy atom. The SMILES string of the molecule is COc1ccccc1OC(=O)Nc1cccnc1. The van der Waals surface area contributed by atoms with Crippen molar-refractivity contribution >= 4 is 11.8 Å². The summed E-state index contributed by atoms with van der Waals surface area (Å²) >= 11 is 0. The number of hydrogen-bond acceptors (Lipinski definition) is 4. The second-order valence-corrected chi connectivity index (χ2v) is 3.41. The van der Waals surface area contributed by atoms with Gasteiger partial charge in [-0.15, -0.1) is 0 Å². The number of ether oxygens (including phenoxy) is 2. The topological polar surface area (TPSA) is 60.5 Å². The Hall–Kier alpha value is -2.56. The molecule has 0 unspecified atom stereocenters. The lowest BCUT2D eigenvalue weighted by molar-refractivity contribution is 0.213. The third kappa shape index (κ3) is 2.98. The Morgan fingerprint density at radius 3 is 2.61 bits per heavy atom. The van der Waals surface area contributed by atoms with Crippen molar-refractivity contribution in [2.45, 2.75) is 0 Å². The zero-order chi connectivity index (χ0) is 12.8. The van der Waals surface area contributed by atoms with E-state index < -0.39 is 6.09 Å². The van der Waals surface area contributed by atoms with E-state index in [1.165, 1.54) is 13.3 Å². The van der Waals surface area contributed by atoms with Crippen LogP contribution >= 0.6 is 0 Å². The fourth-order valence-electron chi connectivity index (χ4n) is 1.38. The number of hydrogen-bond donors (Lipinski definition) is 1. The van der Waals surface area contributed by atoms with E-state index in [0.717, 1.165) is 0 Å². The number of carbonyl (C=O) groups excluding carboxylic acids is 1. The van der Waals surface area contributed by atoms with Gasteiger partial charge in [0.05, 0.1) is 19.0 Å². The summed E-state index contributed by atoms with van der Waals surface area (Å²) in [7, 11) is 1.52. The number of amides is 1. The summed E-state index contributed by atoms with van der Waals surface area (Å²) in [6.45, 7) is 0. The number of carbonyl (C=O) groups is 1. The average molecular weight is 244 g/mol. The summed E-state index contributed by atoms with van der Waals surface area (Å²) in [6.07, 6.45) is 2.56. The molecular weight excluding hydrogens is 232 g/mol. The van der Waals surface area contributed by atoms with E-state index in [0.29, 0.717) is 17.2 Å². The minimum atomic E-state index is -0.590. The molecule has 2 aromatic rings. The maximum atomic E-state index is 11.6. The molecule has 0 aliphatic rings. The zero-order valence-electron chi connectivity index (χ0n) is 9.79. The van der Waals surface area contributed by atoms with E-state index in [1.54, 1.807) is 42.6 Å². The maximum absolute atomic E-state index is 11.6. The van der Waals surface area contributed by atoms with E-state index in [-0.39, 0.29) is 0 Å². The number of anilines is 1. The molecule has 0 saturated heterocycles. The molecule has 1 aromatic carbocycles. The van der Waals surface area contributed by atoms with E-state index in [9.17, 15) is 4.79 Å². The van der Waals surface area contributed by atoms with Crippen molar-refractivity contribution in [3.05, 3.63) is 48.8 Å². The van der Waals surface area contributed by atoms with Crippen LogP contribution in [0.15, 0.2) is 48.8 Å². The number of nitrogens with one attached hydrogen (secondary N) is 1. The third-order valence-electron chi connectivity index (χ3n) is 2.18. The molecule has 0 bridgehead atoms. The largest absolute Gasteiger partial charge is 0.493 e. The van der Waals surface area contributed by atoms with Gasteiger partial charge in [0.15, 0.2) is 11.5 Å². The minimum absolute atomic E-state index is 0.362. The fourth-order valence-corrected chi connectivity index (χ4v) is 1.38. The molecule has 0 radical (unpaired) electrons. The molecule has 1 heterocycles. The van der Waals surface area contributed by atoms with E-state index in [1.807, 2.05) is 0 Å². The van der Waals surface area contributed by atoms with Gasteiger partial charge in [0.1, 0.15) is 0 Å². The molecule has 0 saturated carbocycles. The highest BCUT2D eigenvalue weighted by Gasteiger charge is 2.09. The highest BCUT2D eigenvalue weighted by atomic mass is 16.6. The van der Waals surface area contributed by atoms with Gasteiger partial charge in [-0.2, -0.15) is 0 Å². The van der Waals surface area contributed by atoms with Crippen LogP contribution < -0.4 is 14.8 Å². The number of rotatable bonds is 3. The Kier molecular flexibility index (Phi) is 3.76. The van der Waals surface area contributed by atoms with Gasteiger partial charge in [-0.05, 0) is 24.3 Å². The molecule has 0 aliphatic carbocycles. The third-order valence-corrected chi connectivity index (χ3v) is 2.18. The maximum Gasteiger partial charge on any atom is 0.417 e. The second kappa shape index (κ2) is 5.67. The normalized spacial score (nSPS) is 9.61. The summed E-state index contributed by atoms with van der Waals surface area (Å²) in [6, 6.07) is 10.4. The molecule has 18 heavy (non-hydrogen) atoms. The lowest BCUT2D eigenvalue weighted by Crippen LogP contribution is -2.17. The van der Waals surface area contributed by atoms with Crippen LogP contribution in [0, 0.1) is 0 Å². The van der Waals surface area contributed by atoms with Gasteiger partial charge in [0, 0.05) is 6.20 Å². The van der Waals surface area contributed by atoms with Crippen molar-refractivity contribution in [1.29, 1.82) is 0 Å². The summed E-state index contributed by atoms with van der Waals surface area (Å²) in [5.41, 5.74) is 0.567. The van der Waals surface area contributed by atoms with E-state index in [4.69, 9.17) is 9.47 Å². The summed E-state index contributed by atoms with van der Waals surface area (Å²) in [5, 5.41) is 2.56. The number of pyridine rings is 1. The second-order valence-electron chi connectivity index (χ2n) is 3.41. The van der Waals surface area contributed by atoms with Gasteiger partial charge in [-0.1, -0.05) is 12.1 Å². The quantitative estimate of drug-likeness (QED) is 0.901. The molecule has 0 atom stereocenters. The Labute approximate surface area is 104 Å². The van der Waals surface area contributed by atoms with Crippen LogP contribution in [0.25, 0.3) is 0 Å². The van der Waals surface area contributed by atoms with Crippen LogP contribution in [-0.4, -0.2) is 18.2 Å². The molecule has 1 aromatic heterocycles. The van der Waals surface area contributed by atoms with Gasteiger partial charge >= 0.3 is 6.09 Å². The number of nitrogens with zero attached hydrogens (tertiary/aromatic N) is 1. The fraction of sp³-hybridized carbons (Fsp3) is 0.0769. The van der Waals surface area contributed by atoms with Gasteiger partial charge in [-0.25, -0.2) is 4.79 Å². The summed E-state index contributed by atoms with van der Waals surface area (Å²) in [4.78, 5) is 15.5. The molecule has 92 valence electrons. The van der Waals surface area contributed by atoms with Crippen molar-refractivity contribution in [1.82, 2.24) is 4.98 Å². The Morgan fingerprint density at radius 2 is 1.94 bits per heavy atom. The number of methoxy groups -OCH3 is 1. The van der Waals surface area contributed by atoms with E-state index in [2.05, 4.69) is 10.3 Å². The van der Waals surface area contributed by atoms with Crippen LogP contribution in [0.2, 0.25) is 0 Å². The monoisotopic (exact) mass is 244 g/mol. The van der Waals surface area contributed by atoms with Crippen LogP contribution in [0.1, 0.15) is 0 Å². The molecule has 5 nitrogen and oxygen atoms in total. The van der Waals surface area contributed by atoms with Gasteiger partial charge < -0.3 is 9.47 Å². The minimum Gasteiger partial charge on any atom is -0.493 e. The van der Waals surface area contributed by atoms with Crippen molar-refractivity contribution in [3.63, 3.8) is 0 Å². The highest BCUT2D eigenvalue weighted by Crippen LogP contribution is 2.26. The summed E-state index contributed by atoms with van der Waals surface area (Å²) in [5.74, 6) is 0.861. The van der Waals surface area contributed by atoms with Gasteiger partial charge in [0.25, 0.3) is 0 Å². The van der Waals surface area contributed by atoms with Crippen LogP contribution in [0.4, 0.5) is 10.5 Å². The summed E-state index contributed by atoms with van der Waals surface area (Å²) < 4.78 is 10.2. The van der Waals surface area contributed by atoms with Gasteiger partial charge in [0.2, 0.25) is 0 Å². The predicted octanol–water partition coefficient (Wildman–Crippen LogP) is 2.70. The van der Waals surface area contributed by atoms with Crippen LogP contribution in [0.5, 0.6) is 11.5 Å². The number of benzene rings is 1. The molecule has 0 aliphatic heterocycles. The molecule has 5 heteroatoms. The Bertz CT molecular complexity index is 529. The average Bonchev–Trinajstić information content (AvgIpc) is 2.40. The lowest BCUT2D eigenvalue weighted by atomic mass is 10.3. The first-order chi connectivity index (χ1) is 8.79. The molecule has 1 N–H and O–H groups in total. The molecule has 0 fully saturated rings. The smallest absolute Gasteiger partial charge is 0.417 e. The standard InChI is InChI=1S/C13H12N2O3/c1-17-11-6-2-3-7-12(11)18-13(16)15-10-5-4-8-14-9-10/h2-9H,1H3,(H,15,16). The number of aromatic nitrogens is 1. The first-order valence-electron chi connectivity index (χ1n) is 5.31. The number of para-hydroxylation sites is 2. The van der Waals surface area contributed by atoms with Crippen molar-refractivity contribution in [2.75, 3.05) is 12.4 Å². The van der Waals surface area contributed by atoms with Crippen LogP contribution in [0.3, 0.4) is 0 Å². The van der Waals surface area contributed by atoms with Crippen molar-refractivity contribution < 1.29 is 14.3 Å². The predicted molar refractivity (Wildman–Crippen MR) is 66.9 cm³/mol. The van der Waals surface area contributed by atoms with Crippen LogP contribution in [-0.2, 0) is 0 Å². The highest BCUT2D eigenvalue weighted by molar-refractivity contribution is 5.86. The van der Waals surface area contributed by atoms with Crippen molar-refractivity contribution in [3.8, 4) is 11.5 Å². The van der Waals surface area contributed by atoms with Crippen molar-refractivity contribution in [2.24, 2.45) is 0 Å². The molecule has 1 amide bonds. The first-order valence-corrected chi connectivity index (χ1v) is 5.31. The lowest BCUT2D eigenvalue weighted by Gasteiger charge is -2.09. The zero-order valence-corrected chi connectivity index (χ0v) is 9.79. The molecular formula is C13H12N2O3. The van der Waals surface area contributed by atoms with Gasteiger partial charge in [-0.3, -0.25) is 10.3 Å². The molecule has 2 rings (SSSR count).